The third-order valence-corrected chi connectivity index (χ3v) is 6.28. The first-order valence-corrected chi connectivity index (χ1v) is 9.37. The van der Waals surface area contributed by atoms with Gasteiger partial charge in [-0.05, 0) is 31.7 Å². The number of carboxylic acid groups (broad SMARTS) is 1. The Kier molecular flexibility index (Phi) is 4.18. The van der Waals surface area contributed by atoms with E-state index in [1.807, 2.05) is 18.2 Å². The van der Waals surface area contributed by atoms with Crippen LogP contribution >= 0.6 is 0 Å². The van der Waals surface area contributed by atoms with Crippen LogP contribution in [0.4, 0.5) is 0 Å². The van der Waals surface area contributed by atoms with Crippen molar-refractivity contribution in [2.24, 2.45) is 11.8 Å². The lowest BCUT2D eigenvalue weighted by molar-refractivity contribution is -0.143. The molecule has 0 unspecified atom stereocenters. The molecule has 0 bridgehead atoms. The normalized spacial score (nSPS) is 33.7. The van der Waals surface area contributed by atoms with E-state index in [0.717, 1.165) is 49.8 Å². The van der Waals surface area contributed by atoms with Crippen LogP contribution in [-0.2, 0) is 15.0 Å². The SMILES string of the molecule is O=C(O)[C@@H]1CCCCC[C@@H]1NC(=O)[C@@H]1C[C@]12CCOc1ccccc12. The van der Waals surface area contributed by atoms with Gasteiger partial charge in [-0.2, -0.15) is 0 Å². The quantitative estimate of drug-likeness (QED) is 0.828. The van der Waals surface area contributed by atoms with Gasteiger partial charge in [-0.25, -0.2) is 0 Å². The number of aliphatic carboxylic acids is 1. The van der Waals surface area contributed by atoms with Crippen molar-refractivity contribution in [3.05, 3.63) is 29.8 Å². The number of fused-ring (bicyclic) bond motifs is 2. The minimum atomic E-state index is -0.783. The maximum atomic E-state index is 12.9. The molecule has 2 saturated carbocycles. The van der Waals surface area contributed by atoms with Crippen LogP contribution in [0.2, 0.25) is 0 Å². The monoisotopic (exact) mass is 343 g/mol. The maximum Gasteiger partial charge on any atom is 0.308 e. The first kappa shape index (κ1) is 16.4. The lowest BCUT2D eigenvalue weighted by Gasteiger charge is -2.28. The molecule has 4 atom stereocenters. The zero-order valence-corrected chi connectivity index (χ0v) is 14.4. The van der Waals surface area contributed by atoms with Crippen LogP contribution in [0, 0.1) is 11.8 Å². The van der Waals surface area contributed by atoms with Gasteiger partial charge in [0.2, 0.25) is 5.91 Å². The number of benzene rings is 1. The van der Waals surface area contributed by atoms with Crippen LogP contribution in [0.25, 0.3) is 0 Å². The summed E-state index contributed by atoms with van der Waals surface area (Å²) in [6.45, 7) is 0.641. The van der Waals surface area contributed by atoms with Gasteiger partial charge < -0.3 is 15.2 Å². The van der Waals surface area contributed by atoms with E-state index in [9.17, 15) is 14.7 Å². The third-order valence-electron chi connectivity index (χ3n) is 6.28. The summed E-state index contributed by atoms with van der Waals surface area (Å²) in [6.07, 6.45) is 6.09. The lowest BCUT2D eigenvalue weighted by atomic mass is 9.87. The molecule has 0 saturated heterocycles. The van der Waals surface area contributed by atoms with Gasteiger partial charge in [-0.3, -0.25) is 9.59 Å². The van der Waals surface area contributed by atoms with Gasteiger partial charge in [-0.1, -0.05) is 37.5 Å². The fourth-order valence-electron chi connectivity index (χ4n) is 4.76. The Bertz CT molecular complexity index is 688. The molecule has 1 spiro atoms. The summed E-state index contributed by atoms with van der Waals surface area (Å²) in [5.41, 5.74) is 1.03. The van der Waals surface area contributed by atoms with E-state index >= 15 is 0 Å². The molecule has 1 amide bonds. The number of carbonyl (C=O) groups is 2. The average molecular weight is 343 g/mol. The summed E-state index contributed by atoms with van der Waals surface area (Å²) in [5.74, 6) is -0.385. The Morgan fingerprint density at radius 1 is 1.16 bits per heavy atom. The highest BCUT2D eigenvalue weighted by molar-refractivity contribution is 5.85. The van der Waals surface area contributed by atoms with E-state index in [-0.39, 0.29) is 23.3 Å². The number of para-hydroxylation sites is 1. The molecular weight excluding hydrogens is 318 g/mol. The average Bonchev–Trinajstić information content (AvgIpc) is 3.36. The first-order valence-electron chi connectivity index (χ1n) is 9.37. The summed E-state index contributed by atoms with van der Waals surface area (Å²) in [5, 5.41) is 12.6. The number of hydrogen-bond acceptors (Lipinski definition) is 3. The maximum absolute atomic E-state index is 12.9. The number of hydrogen-bond donors (Lipinski definition) is 2. The highest BCUT2D eigenvalue weighted by atomic mass is 16.5. The number of rotatable bonds is 3. The predicted molar refractivity (Wildman–Crippen MR) is 92.5 cm³/mol. The number of carboxylic acids is 1. The van der Waals surface area contributed by atoms with E-state index in [1.54, 1.807) is 0 Å². The number of carbonyl (C=O) groups excluding carboxylic acids is 1. The summed E-state index contributed by atoms with van der Waals surface area (Å²) in [6, 6.07) is 7.75. The Morgan fingerprint density at radius 3 is 2.80 bits per heavy atom. The minimum absolute atomic E-state index is 0.0230. The summed E-state index contributed by atoms with van der Waals surface area (Å²) in [7, 11) is 0. The first-order chi connectivity index (χ1) is 12.1. The van der Waals surface area contributed by atoms with Gasteiger partial charge in [0, 0.05) is 22.9 Å². The number of amides is 1. The van der Waals surface area contributed by atoms with E-state index in [0.29, 0.717) is 13.0 Å². The van der Waals surface area contributed by atoms with Crippen LogP contribution in [0.1, 0.15) is 50.5 Å². The van der Waals surface area contributed by atoms with Gasteiger partial charge in [0.15, 0.2) is 0 Å². The Morgan fingerprint density at radius 2 is 1.96 bits per heavy atom. The van der Waals surface area contributed by atoms with Gasteiger partial charge in [0.1, 0.15) is 5.75 Å². The van der Waals surface area contributed by atoms with Crippen molar-refractivity contribution in [1.82, 2.24) is 5.32 Å². The molecule has 2 N–H and O–H groups in total. The summed E-state index contributed by atoms with van der Waals surface area (Å²) < 4.78 is 5.73. The third kappa shape index (κ3) is 2.90. The molecule has 1 aromatic carbocycles. The highest BCUT2D eigenvalue weighted by Gasteiger charge is 2.61. The minimum Gasteiger partial charge on any atom is -0.493 e. The zero-order valence-electron chi connectivity index (χ0n) is 14.4. The molecule has 5 heteroatoms. The van der Waals surface area contributed by atoms with Crippen molar-refractivity contribution in [2.45, 2.75) is 56.4 Å². The van der Waals surface area contributed by atoms with Gasteiger partial charge in [0.05, 0.1) is 12.5 Å². The molecule has 4 rings (SSSR count). The fourth-order valence-corrected chi connectivity index (χ4v) is 4.76. The van der Waals surface area contributed by atoms with E-state index in [1.165, 1.54) is 0 Å². The topological polar surface area (TPSA) is 75.6 Å². The molecule has 2 fully saturated rings. The second-order valence-electron chi connectivity index (χ2n) is 7.71. The smallest absolute Gasteiger partial charge is 0.308 e. The molecule has 1 heterocycles. The zero-order chi connectivity index (χ0) is 17.4. The number of nitrogens with one attached hydrogen (secondary N) is 1. The fraction of sp³-hybridized carbons (Fsp3) is 0.600. The second kappa shape index (κ2) is 6.36. The standard InChI is InChI=1S/C20H25NO4/c22-18(21-16-8-3-1-2-6-13(16)19(23)24)15-12-20(15)10-11-25-17-9-5-4-7-14(17)20/h4-5,7,9,13,15-16H,1-3,6,8,10-12H2,(H,21,22)(H,23,24)/t13-,15+,16+,20+/m1/s1. The molecule has 3 aliphatic rings. The number of ether oxygens (including phenoxy) is 1. The second-order valence-corrected chi connectivity index (χ2v) is 7.71. The largest absolute Gasteiger partial charge is 0.493 e. The molecule has 2 aliphatic carbocycles. The molecular formula is C20H25NO4. The van der Waals surface area contributed by atoms with Crippen LogP contribution in [0.3, 0.4) is 0 Å². The molecule has 134 valence electrons. The van der Waals surface area contributed by atoms with Gasteiger partial charge >= 0.3 is 5.97 Å². The molecule has 5 nitrogen and oxygen atoms in total. The summed E-state index contributed by atoms with van der Waals surface area (Å²) in [4.78, 5) is 24.5. The van der Waals surface area contributed by atoms with Crippen molar-refractivity contribution >= 4 is 11.9 Å². The Labute approximate surface area is 147 Å². The van der Waals surface area contributed by atoms with Crippen molar-refractivity contribution in [3.8, 4) is 5.75 Å². The van der Waals surface area contributed by atoms with E-state index in [2.05, 4.69) is 11.4 Å². The van der Waals surface area contributed by atoms with Gasteiger partial charge in [-0.15, -0.1) is 0 Å². The van der Waals surface area contributed by atoms with Crippen molar-refractivity contribution in [1.29, 1.82) is 0 Å². The van der Waals surface area contributed by atoms with Crippen molar-refractivity contribution in [2.75, 3.05) is 6.61 Å². The lowest BCUT2D eigenvalue weighted by Crippen LogP contribution is -2.44. The van der Waals surface area contributed by atoms with E-state index < -0.39 is 11.9 Å². The highest BCUT2D eigenvalue weighted by Crippen LogP contribution is 2.60. The van der Waals surface area contributed by atoms with Crippen molar-refractivity contribution < 1.29 is 19.4 Å². The van der Waals surface area contributed by atoms with Crippen LogP contribution < -0.4 is 10.1 Å². The van der Waals surface area contributed by atoms with Crippen LogP contribution in [-0.4, -0.2) is 29.6 Å². The molecule has 1 aromatic rings. The van der Waals surface area contributed by atoms with Crippen LogP contribution in [0.15, 0.2) is 24.3 Å². The molecule has 1 aliphatic heterocycles. The Hall–Kier alpha value is -2.04. The summed E-state index contributed by atoms with van der Waals surface area (Å²) >= 11 is 0. The van der Waals surface area contributed by atoms with E-state index in [4.69, 9.17) is 4.74 Å². The molecule has 0 aromatic heterocycles. The Balaban J connectivity index is 1.49. The van der Waals surface area contributed by atoms with Crippen molar-refractivity contribution in [3.63, 3.8) is 0 Å². The van der Waals surface area contributed by atoms with Gasteiger partial charge in [0.25, 0.3) is 0 Å². The molecule has 0 radical (unpaired) electrons. The predicted octanol–water partition coefficient (Wildman–Crippen LogP) is 2.88. The molecule has 25 heavy (non-hydrogen) atoms. The van der Waals surface area contributed by atoms with Crippen LogP contribution in [0.5, 0.6) is 5.75 Å².